The number of thioether (sulfide) groups is 1. The molecule has 0 bridgehead atoms. The number of ether oxygens (including phenoxy) is 1. The second-order valence-electron chi connectivity index (χ2n) is 3.03. The maximum atomic E-state index is 5.58. The van der Waals surface area contributed by atoms with Gasteiger partial charge in [0.15, 0.2) is 0 Å². The van der Waals surface area contributed by atoms with Crippen molar-refractivity contribution in [2.45, 2.75) is 12.5 Å². The molecule has 0 aliphatic carbocycles. The lowest BCUT2D eigenvalue weighted by atomic mass is 9.92. The van der Waals surface area contributed by atoms with Gasteiger partial charge in [-0.2, -0.15) is 0 Å². The molecule has 1 fully saturated rings. The molecule has 0 aromatic heterocycles. The summed E-state index contributed by atoms with van der Waals surface area (Å²) >= 11 is 1.90. The van der Waals surface area contributed by atoms with Crippen molar-refractivity contribution in [1.82, 2.24) is 0 Å². The average molecular weight is 171 g/mol. The van der Waals surface area contributed by atoms with Crippen LogP contribution in [0.25, 0.3) is 0 Å². The van der Waals surface area contributed by atoms with Crippen LogP contribution in [0.4, 0.5) is 0 Å². The normalized spacial score (nSPS) is 36.6. The fourth-order valence-electron chi connectivity index (χ4n) is 1.69. The molecule has 62 valence electrons. The van der Waals surface area contributed by atoms with E-state index in [9.17, 15) is 0 Å². The van der Waals surface area contributed by atoms with E-state index in [1.54, 1.807) is 0 Å². The molecule has 2 nitrogen and oxygen atoms in total. The average Bonchev–Trinajstić information content (AvgIpc) is 2.50. The molecule has 11 heavy (non-hydrogen) atoms. The van der Waals surface area contributed by atoms with Crippen molar-refractivity contribution < 1.29 is 4.74 Å². The minimum Gasteiger partial charge on any atom is -0.372 e. The summed E-state index contributed by atoms with van der Waals surface area (Å²) in [4.78, 5) is 0. The molecule has 0 radical (unpaired) electrons. The van der Waals surface area contributed by atoms with E-state index in [0.717, 1.165) is 12.5 Å². The van der Waals surface area contributed by atoms with Gasteiger partial charge in [0.1, 0.15) is 0 Å². The summed E-state index contributed by atoms with van der Waals surface area (Å²) in [5, 5.41) is 2.24. The zero-order valence-electron chi connectivity index (χ0n) is 6.45. The van der Waals surface area contributed by atoms with E-state index in [0.29, 0.717) is 6.54 Å². The molecule has 0 saturated carbocycles. The Hall–Kier alpha value is 0.01000. The Labute approximate surface area is 71.2 Å². The van der Waals surface area contributed by atoms with Gasteiger partial charge < -0.3 is 10.5 Å². The second-order valence-corrected chi connectivity index (χ2v) is 3.93. The Morgan fingerprint density at radius 3 is 3.45 bits per heavy atom. The van der Waals surface area contributed by atoms with Crippen LogP contribution < -0.4 is 5.73 Å². The Bertz CT molecular complexity index is 181. The number of hydrogen-bond donors (Lipinski definition) is 1. The smallest absolute Gasteiger partial charge is 0.0918 e. The molecule has 2 heterocycles. The molecule has 2 unspecified atom stereocenters. The maximum Gasteiger partial charge on any atom is 0.0918 e. The molecule has 2 aliphatic rings. The van der Waals surface area contributed by atoms with Crippen molar-refractivity contribution in [2.75, 3.05) is 18.9 Å². The third kappa shape index (κ3) is 1.33. The molecule has 2 aliphatic heterocycles. The summed E-state index contributed by atoms with van der Waals surface area (Å²) in [6, 6.07) is 0. The Balaban J connectivity index is 2.11. The van der Waals surface area contributed by atoms with Crippen molar-refractivity contribution in [3.8, 4) is 0 Å². The standard InChI is InChI=1S/C8H13NOS/c9-3-8-7-5-11-4-6(7)1-2-10-8/h5-6,8H,1-4,9H2. The van der Waals surface area contributed by atoms with Crippen molar-refractivity contribution in [2.24, 2.45) is 11.7 Å². The van der Waals surface area contributed by atoms with Gasteiger partial charge in [-0.05, 0) is 23.3 Å². The van der Waals surface area contributed by atoms with E-state index in [1.807, 2.05) is 11.8 Å². The molecule has 0 spiro atoms. The summed E-state index contributed by atoms with van der Waals surface area (Å²) in [6.45, 7) is 1.54. The van der Waals surface area contributed by atoms with E-state index >= 15 is 0 Å². The molecule has 0 amide bonds. The van der Waals surface area contributed by atoms with E-state index < -0.39 is 0 Å². The van der Waals surface area contributed by atoms with Gasteiger partial charge in [-0.25, -0.2) is 0 Å². The highest BCUT2D eigenvalue weighted by molar-refractivity contribution is 8.02. The summed E-state index contributed by atoms with van der Waals surface area (Å²) in [5.74, 6) is 2.01. The van der Waals surface area contributed by atoms with Crippen LogP contribution in [0.1, 0.15) is 6.42 Å². The van der Waals surface area contributed by atoms with Crippen LogP contribution in [-0.4, -0.2) is 25.0 Å². The predicted molar refractivity (Wildman–Crippen MR) is 47.4 cm³/mol. The van der Waals surface area contributed by atoms with E-state index in [-0.39, 0.29) is 6.10 Å². The van der Waals surface area contributed by atoms with E-state index in [1.165, 1.54) is 17.7 Å². The SMILES string of the molecule is NCC1OCCC2CSC=C21. The summed E-state index contributed by atoms with van der Waals surface area (Å²) in [6.07, 6.45) is 1.42. The first kappa shape index (κ1) is 7.65. The number of hydrogen-bond acceptors (Lipinski definition) is 3. The molecular weight excluding hydrogens is 158 g/mol. The number of fused-ring (bicyclic) bond motifs is 1. The first-order chi connectivity index (χ1) is 5.42. The van der Waals surface area contributed by atoms with Gasteiger partial charge in [0.25, 0.3) is 0 Å². The molecule has 2 atom stereocenters. The Morgan fingerprint density at radius 1 is 1.73 bits per heavy atom. The van der Waals surface area contributed by atoms with E-state index in [4.69, 9.17) is 10.5 Å². The monoisotopic (exact) mass is 171 g/mol. The molecule has 3 heteroatoms. The molecule has 0 aromatic rings. The third-order valence-electron chi connectivity index (χ3n) is 2.36. The van der Waals surface area contributed by atoms with Crippen molar-refractivity contribution in [1.29, 1.82) is 0 Å². The summed E-state index contributed by atoms with van der Waals surface area (Å²) in [5.41, 5.74) is 7.03. The number of nitrogens with two attached hydrogens (primary N) is 1. The van der Waals surface area contributed by atoms with Gasteiger partial charge >= 0.3 is 0 Å². The lowest BCUT2D eigenvalue weighted by Gasteiger charge is -2.28. The minimum atomic E-state index is 0.226. The van der Waals surface area contributed by atoms with Crippen molar-refractivity contribution in [3.63, 3.8) is 0 Å². The molecule has 1 saturated heterocycles. The Kier molecular flexibility index (Phi) is 2.20. The fraction of sp³-hybridized carbons (Fsp3) is 0.750. The first-order valence-corrected chi connectivity index (χ1v) is 5.10. The molecule has 2 rings (SSSR count). The number of rotatable bonds is 1. The highest BCUT2D eigenvalue weighted by atomic mass is 32.2. The first-order valence-electron chi connectivity index (χ1n) is 4.05. The highest BCUT2D eigenvalue weighted by Gasteiger charge is 2.30. The van der Waals surface area contributed by atoms with Gasteiger partial charge in [0.05, 0.1) is 6.10 Å². The van der Waals surface area contributed by atoms with Crippen LogP contribution in [0.2, 0.25) is 0 Å². The van der Waals surface area contributed by atoms with Crippen LogP contribution in [0, 0.1) is 5.92 Å². The van der Waals surface area contributed by atoms with Crippen molar-refractivity contribution >= 4 is 11.8 Å². The van der Waals surface area contributed by atoms with E-state index in [2.05, 4.69) is 5.41 Å². The fourth-order valence-corrected chi connectivity index (χ4v) is 2.92. The topological polar surface area (TPSA) is 35.2 Å². The zero-order chi connectivity index (χ0) is 7.68. The molecule has 0 aromatic carbocycles. The van der Waals surface area contributed by atoms with Gasteiger partial charge in [-0.15, -0.1) is 11.8 Å². The summed E-state index contributed by atoms with van der Waals surface area (Å²) in [7, 11) is 0. The maximum absolute atomic E-state index is 5.58. The van der Waals surface area contributed by atoms with Crippen LogP contribution in [-0.2, 0) is 4.74 Å². The van der Waals surface area contributed by atoms with Crippen LogP contribution in [0.5, 0.6) is 0 Å². The highest BCUT2D eigenvalue weighted by Crippen LogP contribution is 2.36. The minimum absolute atomic E-state index is 0.226. The summed E-state index contributed by atoms with van der Waals surface area (Å²) < 4.78 is 5.53. The quantitative estimate of drug-likeness (QED) is 0.639. The third-order valence-corrected chi connectivity index (χ3v) is 3.39. The lowest BCUT2D eigenvalue weighted by molar-refractivity contribution is 0.0448. The largest absolute Gasteiger partial charge is 0.372 e. The van der Waals surface area contributed by atoms with Gasteiger partial charge in [0, 0.05) is 18.9 Å². The van der Waals surface area contributed by atoms with Crippen LogP contribution >= 0.6 is 11.8 Å². The lowest BCUT2D eigenvalue weighted by Crippen LogP contribution is -2.33. The molecule has 2 N–H and O–H groups in total. The van der Waals surface area contributed by atoms with Crippen LogP contribution in [0.15, 0.2) is 11.0 Å². The van der Waals surface area contributed by atoms with Crippen molar-refractivity contribution in [3.05, 3.63) is 11.0 Å². The van der Waals surface area contributed by atoms with Crippen LogP contribution in [0.3, 0.4) is 0 Å². The van der Waals surface area contributed by atoms with Gasteiger partial charge in [0.2, 0.25) is 0 Å². The van der Waals surface area contributed by atoms with Gasteiger partial charge in [-0.1, -0.05) is 0 Å². The second kappa shape index (κ2) is 3.17. The Morgan fingerprint density at radius 2 is 2.64 bits per heavy atom. The van der Waals surface area contributed by atoms with Gasteiger partial charge in [-0.3, -0.25) is 0 Å². The zero-order valence-corrected chi connectivity index (χ0v) is 7.27. The predicted octanol–water partition coefficient (Wildman–Crippen LogP) is 0.981. The molecular formula is C8H13NOS.